The molecule has 174 valence electrons. The lowest BCUT2D eigenvalue weighted by molar-refractivity contribution is -0.119. The summed E-state index contributed by atoms with van der Waals surface area (Å²) >= 11 is 5.94. The minimum Gasteiger partial charge on any atom is -0.479 e. The zero-order chi connectivity index (χ0) is 24.6. The van der Waals surface area contributed by atoms with Crippen LogP contribution < -0.4 is 14.5 Å². The maximum Gasteiger partial charge on any atom is 0.264 e. The summed E-state index contributed by atoms with van der Waals surface area (Å²) in [7, 11) is -4.03. The zero-order valence-electron chi connectivity index (χ0n) is 18.2. The van der Waals surface area contributed by atoms with Crippen LogP contribution in [0.2, 0.25) is 5.02 Å². The van der Waals surface area contributed by atoms with Crippen molar-refractivity contribution in [2.75, 3.05) is 17.5 Å². The van der Waals surface area contributed by atoms with Crippen LogP contribution in [0.5, 0.6) is 5.75 Å². The summed E-state index contributed by atoms with van der Waals surface area (Å²) < 4.78 is 32.8. The molecule has 0 aliphatic rings. The standard InChI is InChI=1S/C24H21ClN4O4S/c1-18-2-12-23(13-3-18)34(31,32)29(21-8-6-20(25)7-9-21)17-24(30)28-27-16-19-4-10-22(11-5-19)33-15-14-26/h2-13,16H,15,17H2,1H3,(H,28,30)/b27-16-. The van der Waals surface area contributed by atoms with E-state index >= 15 is 0 Å². The summed E-state index contributed by atoms with van der Waals surface area (Å²) in [5, 5.41) is 12.9. The number of amides is 1. The highest BCUT2D eigenvalue weighted by Gasteiger charge is 2.27. The van der Waals surface area contributed by atoms with E-state index in [0.717, 1.165) is 9.87 Å². The number of nitrogens with zero attached hydrogens (tertiary/aromatic N) is 3. The van der Waals surface area contributed by atoms with Gasteiger partial charge in [0.1, 0.15) is 18.4 Å². The highest BCUT2D eigenvalue weighted by Crippen LogP contribution is 2.25. The molecule has 1 N–H and O–H groups in total. The molecule has 0 radical (unpaired) electrons. The van der Waals surface area contributed by atoms with E-state index in [1.165, 1.54) is 30.5 Å². The summed E-state index contributed by atoms with van der Waals surface area (Å²) in [6.07, 6.45) is 1.41. The van der Waals surface area contributed by atoms with Crippen LogP contribution in [-0.2, 0) is 14.8 Å². The summed E-state index contributed by atoms with van der Waals surface area (Å²) in [4.78, 5) is 12.6. The molecule has 0 saturated carbocycles. The monoisotopic (exact) mass is 496 g/mol. The molecule has 1 amide bonds. The van der Waals surface area contributed by atoms with Gasteiger partial charge in [-0.3, -0.25) is 9.10 Å². The van der Waals surface area contributed by atoms with Crippen molar-refractivity contribution in [1.29, 1.82) is 5.26 Å². The molecule has 0 unspecified atom stereocenters. The van der Waals surface area contributed by atoms with Crippen LogP contribution in [0, 0.1) is 18.3 Å². The maximum atomic E-state index is 13.3. The van der Waals surface area contributed by atoms with Crippen LogP contribution in [0.1, 0.15) is 11.1 Å². The second kappa shape index (κ2) is 11.3. The van der Waals surface area contributed by atoms with Crippen LogP contribution in [0.3, 0.4) is 0 Å². The van der Waals surface area contributed by atoms with E-state index in [9.17, 15) is 13.2 Å². The summed E-state index contributed by atoms with van der Waals surface area (Å²) in [6, 6.07) is 21.1. The number of benzene rings is 3. The van der Waals surface area contributed by atoms with Gasteiger partial charge in [-0.25, -0.2) is 13.8 Å². The number of ether oxygens (including phenoxy) is 1. The molecule has 0 aliphatic heterocycles. The summed E-state index contributed by atoms with van der Waals surface area (Å²) in [5.74, 6) is -0.0986. The number of sulfonamides is 1. The normalized spacial score (nSPS) is 11.1. The van der Waals surface area contributed by atoms with E-state index < -0.39 is 22.5 Å². The van der Waals surface area contributed by atoms with Gasteiger partial charge in [0.05, 0.1) is 16.8 Å². The molecule has 10 heteroatoms. The first-order chi connectivity index (χ1) is 16.3. The Labute approximate surface area is 203 Å². The lowest BCUT2D eigenvalue weighted by Gasteiger charge is -2.23. The number of anilines is 1. The minimum atomic E-state index is -4.03. The van der Waals surface area contributed by atoms with Gasteiger partial charge < -0.3 is 4.74 Å². The molecule has 0 atom stereocenters. The van der Waals surface area contributed by atoms with Gasteiger partial charge >= 0.3 is 0 Å². The van der Waals surface area contributed by atoms with Gasteiger partial charge in [0, 0.05) is 5.02 Å². The third-order valence-electron chi connectivity index (χ3n) is 4.60. The number of nitrogens with one attached hydrogen (secondary N) is 1. The van der Waals surface area contributed by atoms with E-state index in [1.807, 2.05) is 13.0 Å². The second-order valence-electron chi connectivity index (χ2n) is 7.11. The fourth-order valence-electron chi connectivity index (χ4n) is 2.87. The van der Waals surface area contributed by atoms with Gasteiger partial charge in [-0.1, -0.05) is 29.3 Å². The molecule has 3 aromatic carbocycles. The van der Waals surface area contributed by atoms with Crippen molar-refractivity contribution >= 4 is 39.4 Å². The largest absolute Gasteiger partial charge is 0.479 e. The predicted molar refractivity (Wildman–Crippen MR) is 130 cm³/mol. The highest BCUT2D eigenvalue weighted by molar-refractivity contribution is 7.92. The Bertz CT molecular complexity index is 1300. The van der Waals surface area contributed by atoms with Crippen molar-refractivity contribution in [2.45, 2.75) is 11.8 Å². The van der Waals surface area contributed by atoms with Crippen molar-refractivity contribution in [2.24, 2.45) is 5.10 Å². The van der Waals surface area contributed by atoms with Gasteiger partial charge in [0.2, 0.25) is 0 Å². The van der Waals surface area contributed by atoms with E-state index in [-0.39, 0.29) is 17.2 Å². The van der Waals surface area contributed by atoms with Crippen molar-refractivity contribution in [3.05, 3.63) is 88.9 Å². The average molecular weight is 497 g/mol. The van der Waals surface area contributed by atoms with Gasteiger partial charge in [-0.15, -0.1) is 0 Å². The molecule has 3 rings (SSSR count). The summed E-state index contributed by atoms with van der Waals surface area (Å²) in [6.45, 7) is 1.31. The number of rotatable bonds is 9. The third kappa shape index (κ3) is 6.57. The highest BCUT2D eigenvalue weighted by atomic mass is 35.5. The fraction of sp³-hybridized carbons (Fsp3) is 0.125. The first-order valence-corrected chi connectivity index (χ1v) is 11.9. The molecule has 34 heavy (non-hydrogen) atoms. The number of carbonyl (C=O) groups is 1. The number of halogens is 1. The molecule has 8 nitrogen and oxygen atoms in total. The predicted octanol–water partition coefficient (Wildman–Crippen LogP) is 3.90. The second-order valence-corrected chi connectivity index (χ2v) is 9.41. The van der Waals surface area contributed by atoms with Crippen LogP contribution in [0.4, 0.5) is 5.69 Å². The lowest BCUT2D eigenvalue weighted by Crippen LogP contribution is -2.39. The first kappa shape index (κ1) is 24.8. The Morgan fingerprint density at radius 1 is 1.09 bits per heavy atom. The molecule has 0 aromatic heterocycles. The van der Waals surface area contributed by atoms with E-state index in [1.54, 1.807) is 48.5 Å². The van der Waals surface area contributed by atoms with Gasteiger partial charge in [0.25, 0.3) is 15.9 Å². The lowest BCUT2D eigenvalue weighted by atomic mass is 10.2. The average Bonchev–Trinajstić information content (AvgIpc) is 2.83. The molecule has 0 bridgehead atoms. The number of aryl methyl sites for hydroxylation is 1. The van der Waals surface area contributed by atoms with Crippen LogP contribution in [-0.4, -0.2) is 33.7 Å². The topological polar surface area (TPSA) is 112 Å². The van der Waals surface area contributed by atoms with Gasteiger partial charge in [-0.05, 0) is 73.2 Å². The van der Waals surface area contributed by atoms with Gasteiger partial charge in [0.15, 0.2) is 6.61 Å². The fourth-order valence-corrected chi connectivity index (χ4v) is 4.42. The van der Waals surface area contributed by atoms with Crippen LogP contribution in [0.15, 0.2) is 82.8 Å². The smallest absolute Gasteiger partial charge is 0.264 e. The number of hydrogen-bond donors (Lipinski definition) is 1. The quantitative estimate of drug-likeness (QED) is 0.356. The van der Waals surface area contributed by atoms with Crippen LogP contribution in [0.25, 0.3) is 0 Å². The van der Waals surface area contributed by atoms with Crippen molar-refractivity contribution in [1.82, 2.24) is 5.43 Å². The number of hydrazone groups is 1. The Hall–Kier alpha value is -3.87. The SMILES string of the molecule is Cc1ccc(S(=O)(=O)N(CC(=O)N/N=C\c2ccc(OCC#N)cc2)c2ccc(Cl)cc2)cc1. The van der Waals surface area contributed by atoms with Crippen molar-refractivity contribution in [3.63, 3.8) is 0 Å². The van der Waals surface area contributed by atoms with Crippen LogP contribution >= 0.6 is 11.6 Å². The molecule has 0 aliphatic carbocycles. The Balaban J connectivity index is 1.75. The number of nitriles is 1. The minimum absolute atomic E-state index is 0.0564. The van der Waals surface area contributed by atoms with E-state index in [2.05, 4.69) is 10.5 Å². The molecule has 0 spiro atoms. The van der Waals surface area contributed by atoms with Gasteiger partial charge in [-0.2, -0.15) is 10.4 Å². The molecule has 0 heterocycles. The first-order valence-electron chi connectivity index (χ1n) is 10.1. The molecule has 0 saturated heterocycles. The zero-order valence-corrected chi connectivity index (χ0v) is 19.8. The third-order valence-corrected chi connectivity index (χ3v) is 6.64. The van der Waals surface area contributed by atoms with E-state index in [4.69, 9.17) is 21.6 Å². The van der Waals surface area contributed by atoms with E-state index in [0.29, 0.717) is 16.3 Å². The summed E-state index contributed by atoms with van der Waals surface area (Å²) in [5.41, 5.74) is 4.22. The Morgan fingerprint density at radius 3 is 2.35 bits per heavy atom. The number of carbonyl (C=O) groups excluding carboxylic acids is 1. The molecular formula is C24H21ClN4O4S. The Morgan fingerprint density at radius 2 is 1.74 bits per heavy atom. The molecule has 0 fully saturated rings. The van der Waals surface area contributed by atoms with Crippen molar-refractivity contribution < 1.29 is 17.9 Å². The van der Waals surface area contributed by atoms with Crippen molar-refractivity contribution in [3.8, 4) is 11.8 Å². The molecular weight excluding hydrogens is 476 g/mol. The number of hydrogen-bond acceptors (Lipinski definition) is 6. The Kier molecular flexibility index (Phi) is 8.24. The maximum absolute atomic E-state index is 13.3. The molecule has 3 aromatic rings.